The van der Waals surface area contributed by atoms with Crippen LogP contribution in [0.25, 0.3) is 0 Å². The number of aliphatic carboxylic acids is 1. The van der Waals surface area contributed by atoms with Crippen LogP contribution in [0.3, 0.4) is 0 Å². The van der Waals surface area contributed by atoms with E-state index in [0.717, 1.165) is 24.2 Å². The molecule has 1 aromatic carbocycles. The smallest absolute Gasteiger partial charge is 0.310 e. The first-order valence-corrected chi connectivity index (χ1v) is 9.15. The number of carboxylic acid groups (broad SMARTS) is 1. The Morgan fingerprint density at radius 1 is 1.32 bits per heavy atom. The number of rotatable bonds is 4. The van der Waals surface area contributed by atoms with Crippen LogP contribution in [0.4, 0.5) is 0 Å². The summed E-state index contributed by atoms with van der Waals surface area (Å²) in [6, 6.07) is 5.68. The Morgan fingerprint density at radius 2 is 2.00 bits per heavy atom. The first-order chi connectivity index (χ1) is 11.7. The average Bonchev–Trinajstić information content (AvgIpc) is 3.03. The molecule has 3 rings (SSSR count). The maximum absolute atomic E-state index is 11.7. The van der Waals surface area contributed by atoms with E-state index in [0.29, 0.717) is 26.0 Å². The summed E-state index contributed by atoms with van der Waals surface area (Å²) in [7, 11) is 0. The number of hydrogen-bond donors (Lipinski definition) is 3. The number of nitrogens with one attached hydrogen (secondary N) is 1. The molecule has 1 aliphatic heterocycles. The lowest BCUT2D eigenvalue weighted by molar-refractivity contribution is -0.148. The summed E-state index contributed by atoms with van der Waals surface area (Å²) in [6.07, 6.45) is 2.62. The Labute approximate surface area is 149 Å². The number of hydrogen-bond acceptors (Lipinski definition) is 4. The topological polar surface area (TPSA) is 78.8 Å². The third-order valence-electron chi connectivity index (χ3n) is 5.71. The summed E-state index contributed by atoms with van der Waals surface area (Å²) in [5.74, 6) is -0.00859. The van der Waals surface area contributed by atoms with Crippen molar-refractivity contribution in [2.45, 2.75) is 64.0 Å². The van der Waals surface area contributed by atoms with Crippen LogP contribution in [0.2, 0.25) is 0 Å². The second kappa shape index (κ2) is 6.61. The number of aliphatic hydroxyl groups excluding tert-OH is 1. The van der Waals surface area contributed by atoms with Crippen LogP contribution in [-0.4, -0.2) is 35.4 Å². The van der Waals surface area contributed by atoms with E-state index in [4.69, 9.17) is 4.74 Å². The van der Waals surface area contributed by atoms with Crippen molar-refractivity contribution in [3.8, 4) is 5.75 Å². The third-order valence-corrected chi connectivity index (χ3v) is 5.71. The molecule has 0 unspecified atom stereocenters. The average molecular weight is 347 g/mol. The third kappa shape index (κ3) is 3.53. The molecule has 138 valence electrons. The molecule has 0 aromatic heterocycles. The van der Waals surface area contributed by atoms with Gasteiger partial charge >= 0.3 is 5.97 Å². The lowest BCUT2D eigenvalue weighted by Crippen LogP contribution is -2.48. The minimum Gasteiger partial charge on any atom is -0.491 e. The van der Waals surface area contributed by atoms with Crippen molar-refractivity contribution >= 4 is 5.97 Å². The van der Waals surface area contributed by atoms with Crippen LogP contribution in [0.5, 0.6) is 5.75 Å². The molecule has 5 heteroatoms. The molecule has 3 N–H and O–H groups in total. The highest BCUT2D eigenvalue weighted by molar-refractivity contribution is 5.75. The van der Waals surface area contributed by atoms with Gasteiger partial charge in [0.05, 0.1) is 11.5 Å². The van der Waals surface area contributed by atoms with Gasteiger partial charge in [-0.15, -0.1) is 0 Å². The molecule has 0 saturated heterocycles. The SMILES string of the molecule is CC(C)(C)c1ccc2c(c1)OC[C@@H](NCC1(C(=O)O)CCCC1)[C@H]2O. The Balaban J connectivity index is 1.71. The molecule has 2 aliphatic rings. The fourth-order valence-electron chi connectivity index (χ4n) is 3.87. The molecular formula is C20H29NO4. The molecule has 0 bridgehead atoms. The number of ether oxygens (including phenoxy) is 1. The Kier molecular flexibility index (Phi) is 4.82. The van der Waals surface area contributed by atoms with Gasteiger partial charge in [-0.3, -0.25) is 4.79 Å². The molecule has 0 radical (unpaired) electrons. The molecule has 2 atom stereocenters. The monoisotopic (exact) mass is 347 g/mol. The van der Waals surface area contributed by atoms with Crippen molar-refractivity contribution in [3.63, 3.8) is 0 Å². The quantitative estimate of drug-likeness (QED) is 0.780. The zero-order chi connectivity index (χ0) is 18.2. The highest BCUT2D eigenvalue weighted by atomic mass is 16.5. The first-order valence-electron chi connectivity index (χ1n) is 9.15. The van der Waals surface area contributed by atoms with E-state index in [2.05, 4.69) is 26.1 Å². The second-order valence-electron chi connectivity index (χ2n) is 8.54. The Hall–Kier alpha value is -1.59. The van der Waals surface area contributed by atoms with Gasteiger partial charge in [0, 0.05) is 12.1 Å². The Morgan fingerprint density at radius 3 is 2.60 bits per heavy atom. The number of benzene rings is 1. The maximum atomic E-state index is 11.7. The highest BCUT2D eigenvalue weighted by Gasteiger charge is 2.42. The molecule has 1 aromatic rings. The second-order valence-corrected chi connectivity index (χ2v) is 8.54. The molecule has 0 amide bonds. The normalized spacial score (nSPS) is 25.3. The van der Waals surface area contributed by atoms with Gasteiger partial charge < -0.3 is 20.3 Å². The first kappa shape index (κ1) is 18.2. The van der Waals surface area contributed by atoms with Crippen LogP contribution in [0.15, 0.2) is 18.2 Å². The fourth-order valence-corrected chi connectivity index (χ4v) is 3.87. The van der Waals surface area contributed by atoms with E-state index in [-0.39, 0.29) is 11.5 Å². The number of carboxylic acids is 1. The van der Waals surface area contributed by atoms with E-state index in [1.165, 1.54) is 5.56 Å². The van der Waals surface area contributed by atoms with Gasteiger partial charge in [0.2, 0.25) is 0 Å². The summed E-state index contributed by atoms with van der Waals surface area (Å²) in [4.78, 5) is 11.7. The zero-order valence-corrected chi connectivity index (χ0v) is 15.3. The molecule has 1 saturated carbocycles. The van der Waals surface area contributed by atoms with E-state index >= 15 is 0 Å². The minimum absolute atomic E-state index is 0.0226. The molecule has 1 fully saturated rings. The van der Waals surface area contributed by atoms with Gasteiger partial charge in [0.1, 0.15) is 18.5 Å². The summed E-state index contributed by atoms with van der Waals surface area (Å²) >= 11 is 0. The lowest BCUT2D eigenvalue weighted by atomic mass is 9.84. The van der Waals surface area contributed by atoms with Crippen molar-refractivity contribution < 1.29 is 19.7 Å². The van der Waals surface area contributed by atoms with Crippen molar-refractivity contribution in [2.24, 2.45) is 5.41 Å². The van der Waals surface area contributed by atoms with Gasteiger partial charge in [-0.05, 0) is 29.9 Å². The molecule has 1 aliphatic carbocycles. The lowest BCUT2D eigenvalue weighted by Gasteiger charge is -2.34. The summed E-state index contributed by atoms with van der Waals surface area (Å²) in [5, 5.41) is 23.6. The maximum Gasteiger partial charge on any atom is 0.310 e. The van der Waals surface area contributed by atoms with Crippen molar-refractivity contribution in [2.75, 3.05) is 13.2 Å². The summed E-state index contributed by atoms with van der Waals surface area (Å²) in [5.41, 5.74) is 1.26. The number of fused-ring (bicyclic) bond motifs is 1. The standard InChI is InChI=1S/C20H29NO4/c1-19(2,3)13-6-7-14-16(10-13)25-11-15(17(14)22)21-12-20(18(23)24)8-4-5-9-20/h6-7,10,15,17,21-22H,4-5,8-9,11-12H2,1-3H3,(H,23,24)/t15-,17+/m1/s1. The van der Waals surface area contributed by atoms with Crippen LogP contribution in [0, 0.1) is 5.41 Å². The Bertz CT molecular complexity index is 644. The van der Waals surface area contributed by atoms with E-state index in [1.807, 2.05) is 18.2 Å². The molecule has 0 spiro atoms. The van der Waals surface area contributed by atoms with Gasteiger partial charge in [-0.25, -0.2) is 0 Å². The largest absolute Gasteiger partial charge is 0.491 e. The predicted molar refractivity (Wildman–Crippen MR) is 95.9 cm³/mol. The van der Waals surface area contributed by atoms with E-state index < -0.39 is 17.5 Å². The van der Waals surface area contributed by atoms with Crippen LogP contribution in [-0.2, 0) is 10.2 Å². The van der Waals surface area contributed by atoms with Crippen LogP contribution < -0.4 is 10.1 Å². The van der Waals surface area contributed by atoms with Gasteiger partial charge in [0.25, 0.3) is 0 Å². The van der Waals surface area contributed by atoms with Crippen molar-refractivity contribution in [1.82, 2.24) is 5.32 Å². The van der Waals surface area contributed by atoms with Crippen LogP contribution >= 0.6 is 0 Å². The van der Waals surface area contributed by atoms with E-state index in [9.17, 15) is 15.0 Å². The fraction of sp³-hybridized carbons (Fsp3) is 0.650. The predicted octanol–water partition coefficient (Wildman–Crippen LogP) is 3.01. The van der Waals surface area contributed by atoms with Crippen LogP contribution in [0.1, 0.15) is 63.7 Å². The van der Waals surface area contributed by atoms with Gasteiger partial charge in [-0.2, -0.15) is 0 Å². The number of carbonyl (C=O) groups is 1. The number of aliphatic hydroxyl groups is 1. The molecule has 5 nitrogen and oxygen atoms in total. The van der Waals surface area contributed by atoms with Gasteiger partial charge in [0.15, 0.2) is 0 Å². The minimum atomic E-state index is -0.737. The summed E-state index contributed by atoms with van der Waals surface area (Å²) in [6.45, 7) is 7.15. The zero-order valence-electron chi connectivity index (χ0n) is 15.3. The molecular weight excluding hydrogens is 318 g/mol. The van der Waals surface area contributed by atoms with E-state index in [1.54, 1.807) is 0 Å². The van der Waals surface area contributed by atoms with Crippen molar-refractivity contribution in [1.29, 1.82) is 0 Å². The highest BCUT2D eigenvalue weighted by Crippen LogP contribution is 2.39. The molecule has 1 heterocycles. The van der Waals surface area contributed by atoms with Crippen molar-refractivity contribution in [3.05, 3.63) is 29.3 Å². The molecule has 25 heavy (non-hydrogen) atoms. The summed E-state index contributed by atoms with van der Waals surface area (Å²) < 4.78 is 5.88. The van der Waals surface area contributed by atoms with Gasteiger partial charge in [-0.1, -0.05) is 45.7 Å².